The maximum atomic E-state index is 14.8. The van der Waals surface area contributed by atoms with Gasteiger partial charge in [-0.05, 0) is 76.1 Å². The molecule has 5 rings (SSSR count). The van der Waals surface area contributed by atoms with Crippen LogP contribution in [0.5, 0.6) is 17.4 Å². The molecule has 0 bridgehead atoms. The smallest absolute Gasteiger partial charge is 0.347 e. The predicted molar refractivity (Wildman–Crippen MR) is 159 cm³/mol. The summed E-state index contributed by atoms with van der Waals surface area (Å²) in [5, 5.41) is 12.5. The second-order valence-electron chi connectivity index (χ2n) is 10.4. The molecule has 11 nitrogen and oxygen atoms in total. The van der Waals surface area contributed by atoms with Crippen molar-refractivity contribution in [3.8, 4) is 28.6 Å². The van der Waals surface area contributed by atoms with Gasteiger partial charge in [0.05, 0.1) is 31.2 Å². The molecule has 0 spiro atoms. The third kappa shape index (κ3) is 7.26. The van der Waals surface area contributed by atoms with Gasteiger partial charge in [0, 0.05) is 18.3 Å². The fourth-order valence-corrected chi connectivity index (χ4v) is 4.59. The Hall–Kier alpha value is -5.00. The summed E-state index contributed by atoms with van der Waals surface area (Å²) >= 11 is 0. The van der Waals surface area contributed by atoms with Gasteiger partial charge < -0.3 is 29.5 Å². The molecule has 0 aliphatic carbocycles. The second-order valence-corrected chi connectivity index (χ2v) is 10.4. The summed E-state index contributed by atoms with van der Waals surface area (Å²) < 4.78 is 32.3. The number of nitrogens with zero attached hydrogens (tertiary/aromatic N) is 5. The molecule has 4 heterocycles. The second kappa shape index (κ2) is 12.9. The number of ether oxygens (including phenoxy) is 3. The van der Waals surface area contributed by atoms with Crippen LogP contribution in [-0.2, 0) is 4.79 Å². The zero-order valence-corrected chi connectivity index (χ0v) is 24.2. The van der Waals surface area contributed by atoms with Crippen molar-refractivity contribution in [1.82, 2.24) is 19.9 Å². The van der Waals surface area contributed by atoms with E-state index in [1.165, 1.54) is 32.0 Å². The van der Waals surface area contributed by atoms with Crippen molar-refractivity contribution in [2.45, 2.75) is 45.3 Å². The Kier molecular flexibility index (Phi) is 8.84. The standard InChI is InChI=1S/C31H33FN6O5/c1-4-41-25-10-6-14-34-29(25)42-21-8-7-15-38(19-21)28-18-33-17-27(37-28)36-26-11-5-9-24(35-26)22-16-20(12-13-23(22)32)43-31(2,3)30(39)40/h5-6,9-14,16-18,21H,4,7-8,15,19H2,1-3H3,(H,39,40)(H,35,36,37). The van der Waals surface area contributed by atoms with E-state index < -0.39 is 17.4 Å². The van der Waals surface area contributed by atoms with Gasteiger partial charge in [-0.3, -0.25) is 4.98 Å². The van der Waals surface area contributed by atoms with Crippen LogP contribution in [0.2, 0.25) is 0 Å². The SMILES string of the molecule is CCOc1cccnc1OC1CCCN(c2cncc(Nc3cccc(-c4cc(OC(C)(C)C(=O)O)ccc4F)n3)n2)C1. The van der Waals surface area contributed by atoms with Gasteiger partial charge in [-0.1, -0.05) is 6.07 Å². The molecule has 224 valence electrons. The first-order chi connectivity index (χ1) is 20.7. The molecule has 1 aromatic carbocycles. The van der Waals surface area contributed by atoms with Crippen molar-refractivity contribution in [3.63, 3.8) is 0 Å². The number of pyridine rings is 2. The molecule has 0 radical (unpaired) electrons. The van der Waals surface area contributed by atoms with Gasteiger partial charge >= 0.3 is 5.97 Å². The molecule has 1 aliphatic heterocycles. The minimum absolute atomic E-state index is 0.102. The van der Waals surface area contributed by atoms with E-state index in [4.69, 9.17) is 19.2 Å². The van der Waals surface area contributed by atoms with Crippen LogP contribution < -0.4 is 24.4 Å². The van der Waals surface area contributed by atoms with E-state index in [1.807, 2.05) is 19.1 Å². The largest absolute Gasteiger partial charge is 0.488 e. The van der Waals surface area contributed by atoms with Gasteiger partial charge in [0.1, 0.15) is 29.3 Å². The molecular formula is C31H33FN6O5. The fourth-order valence-electron chi connectivity index (χ4n) is 4.59. The van der Waals surface area contributed by atoms with Gasteiger partial charge in [0.25, 0.3) is 5.88 Å². The summed E-state index contributed by atoms with van der Waals surface area (Å²) in [6.07, 6.45) is 6.64. The lowest BCUT2D eigenvalue weighted by Crippen LogP contribution is -2.41. The lowest BCUT2D eigenvalue weighted by molar-refractivity contribution is -0.152. The van der Waals surface area contributed by atoms with E-state index in [1.54, 1.807) is 36.8 Å². The zero-order valence-electron chi connectivity index (χ0n) is 24.2. The molecule has 3 aromatic heterocycles. The Morgan fingerprint density at radius 3 is 2.81 bits per heavy atom. The van der Waals surface area contributed by atoms with Crippen LogP contribution in [0.15, 0.2) is 67.1 Å². The minimum atomic E-state index is -1.49. The number of hydrogen-bond acceptors (Lipinski definition) is 10. The third-order valence-corrected chi connectivity index (χ3v) is 6.75. The Balaban J connectivity index is 1.29. The van der Waals surface area contributed by atoms with E-state index >= 15 is 0 Å². The summed E-state index contributed by atoms with van der Waals surface area (Å²) in [6.45, 7) is 6.68. The van der Waals surface area contributed by atoms with Crippen LogP contribution in [0.4, 0.5) is 21.8 Å². The van der Waals surface area contributed by atoms with Gasteiger partial charge in [0.2, 0.25) is 0 Å². The van der Waals surface area contributed by atoms with Crippen molar-refractivity contribution < 1.29 is 28.5 Å². The lowest BCUT2D eigenvalue weighted by Gasteiger charge is -2.33. The highest BCUT2D eigenvalue weighted by molar-refractivity contribution is 5.77. The maximum absolute atomic E-state index is 14.8. The van der Waals surface area contributed by atoms with Crippen LogP contribution in [0, 0.1) is 5.82 Å². The normalized spacial score (nSPS) is 15.1. The molecule has 43 heavy (non-hydrogen) atoms. The third-order valence-electron chi connectivity index (χ3n) is 6.75. The lowest BCUT2D eigenvalue weighted by atomic mass is 10.1. The van der Waals surface area contributed by atoms with Gasteiger partial charge in [-0.15, -0.1) is 0 Å². The zero-order chi connectivity index (χ0) is 30.4. The van der Waals surface area contributed by atoms with Crippen molar-refractivity contribution in [2.75, 3.05) is 29.9 Å². The van der Waals surface area contributed by atoms with E-state index in [2.05, 4.69) is 25.2 Å². The number of rotatable bonds is 11. The van der Waals surface area contributed by atoms with Gasteiger partial charge in [-0.25, -0.2) is 24.1 Å². The molecular weight excluding hydrogens is 555 g/mol. The van der Waals surface area contributed by atoms with Crippen LogP contribution in [-0.4, -0.2) is 62.4 Å². The van der Waals surface area contributed by atoms with E-state index in [9.17, 15) is 14.3 Å². The first-order valence-electron chi connectivity index (χ1n) is 14.0. The number of benzene rings is 1. The monoisotopic (exact) mass is 588 g/mol. The van der Waals surface area contributed by atoms with Gasteiger partial charge in [-0.2, -0.15) is 0 Å². The van der Waals surface area contributed by atoms with Crippen LogP contribution in [0.25, 0.3) is 11.3 Å². The molecule has 0 amide bonds. The van der Waals surface area contributed by atoms with Crippen LogP contribution >= 0.6 is 0 Å². The summed E-state index contributed by atoms with van der Waals surface area (Å²) in [5.41, 5.74) is -0.981. The Morgan fingerprint density at radius 2 is 2.00 bits per heavy atom. The molecule has 1 atom stereocenters. The molecule has 4 aromatic rings. The quantitative estimate of drug-likeness (QED) is 0.230. The highest BCUT2D eigenvalue weighted by Gasteiger charge is 2.30. The first kappa shape index (κ1) is 29.5. The van der Waals surface area contributed by atoms with E-state index in [-0.39, 0.29) is 17.4 Å². The highest BCUT2D eigenvalue weighted by Crippen LogP contribution is 2.30. The van der Waals surface area contributed by atoms with Crippen LogP contribution in [0.1, 0.15) is 33.6 Å². The van der Waals surface area contributed by atoms with Crippen LogP contribution in [0.3, 0.4) is 0 Å². The number of carboxylic acid groups (broad SMARTS) is 1. The number of carboxylic acids is 1. The summed E-state index contributed by atoms with van der Waals surface area (Å²) in [6, 6.07) is 12.8. The predicted octanol–water partition coefficient (Wildman–Crippen LogP) is 5.50. The highest BCUT2D eigenvalue weighted by atomic mass is 19.1. The average Bonchev–Trinajstić information content (AvgIpc) is 2.99. The summed E-state index contributed by atoms with van der Waals surface area (Å²) in [5.74, 6) is 1.22. The minimum Gasteiger partial charge on any atom is -0.488 e. The number of piperidine rings is 1. The van der Waals surface area contributed by atoms with Crippen molar-refractivity contribution in [2.24, 2.45) is 0 Å². The van der Waals surface area contributed by atoms with Crippen molar-refractivity contribution >= 4 is 23.4 Å². The number of aromatic nitrogens is 4. The fraction of sp³-hybridized carbons (Fsp3) is 0.323. The molecule has 0 saturated carbocycles. The van der Waals surface area contributed by atoms with E-state index in [0.717, 1.165) is 19.4 Å². The average molecular weight is 589 g/mol. The Morgan fingerprint density at radius 1 is 1.14 bits per heavy atom. The Labute approximate surface area is 248 Å². The Bertz CT molecular complexity index is 1590. The molecule has 1 unspecified atom stereocenters. The molecule has 1 aliphatic rings. The molecule has 1 fully saturated rings. The number of anilines is 3. The van der Waals surface area contributed by atoms with E-state index in [0.29, 0.717) is 47.9 Å². The van der Waals surface area contributed by atoms with Crippen molar-refractivity contribution in [1.29, 1.82) is 0 Å². The number of halogens is 1. The van der Waals surface area contributed by atoms with Gasteiger partial charge in [0.15, 0.2) is 17.2 Å². The maximum Gasteiger partial charge on any atom is 0.347 e. The number of hydrogen-bond donors (Lipinski definition) is 2. The number of carbonyl (C=O) groups is 1. The number of nitrogens with one attached hydrogen (secondary N) is 1. The first-order valence-corrected chi connectivity index (χ1v) is 14.0. The molecule has 1 saturated heterocycles. The molecule has 12 heteroatoms. The van der Waals surface area contributed by atoms with Crippen molar-refractivity contribution in [3.05, 3.63) is 72.9 Å². The summed E-state index contributed by atoms with van der Waals surface area (Å²) in [4.78, 5) is 31.6. The topological polar surface area (TPSA) is 132 Å². The number of aliphatic carboxylic acids is 1. The molecule has 2 N–H and O–H groups in total. The summed E-state index contributed by atoms with van der Waals surface area (Å²) in [7, 11) is 0.